The van der Waals surface area contributed by atoms with Crippen LogP contribution < -0.4 is 10.6 Å². The molecule has 2 aromatic carbocycles. The second-order valence-electron chi connectivity index (χ2n) is 8.33. The fourth-order valence-corrected chi connectivity index (χ4v) is 4.55. The maximum absolute atomic E-state index is 13.4. The van der Waals surface area contributed by atoms with Crippen molar-refractivity contribution in [1.29, 1.82) is 0 Å². The zero-order valence-electron chi connectivity index (χ0n) is 19.0. The van der Waals surface area contributed by atoms with Crippen LogP contribution in [-0.2, 0) is 4.79 Å². The third-order valence-corrected chi connectivity index (χ3v) is 6.30. The number of nitrogens with one attached hydrogen (secondary N) is 2. The highest BCUT2D eigenvalue weighted by Gasteiger charge is 2.41. The van der Waals surface area contributed by atoms with Gasteiger partial charge in [-0.15, -0.1) is 0 Å². The number of pyridine rings is 1. The Hall–Kier alpha value is -4.11. The second-order valence-corrected chi connectivity index (χ2v) is 8.72. The molecule has 9 heteroatoms. The molecule has 6 nitrogen and oxygen atoms in total. The van der Waals surface area contributed by atoms with E-state index in [-0.39, 0.29) is 36.0 Å². The predicted octanol–water partition coefficient (Wildman–Crippen LogP) is 5.62. The molecule has 3 heterocycles. The van der Waals surface area contributed by atoms with Gasteiger partial charge in [-0.25, -0.2) is 8.78 Å². The van der Waals surface area contributed by atoms with Crippen molar-refractivity contribution in [3.8, 4) is 11.3 Å². The van der Waals surface area contributed by atoms with Crippen molar-refractivity contribution in [3.63, 3.8) is 0 Å². The zero-order chi connectivity index (χ0) is 25.1. The number of hydrogen-bond donors (Lipinski definition) is 2. The molecule has 0 unspecified atom stereocenters. The summed E-state index contributed by atoms with van der Waals surface area (Å²) >= 11 is 5.64. The van der Waals surface area contributed by atoms with Gasteiger partial charge in [-0.1, -0.05) is 6.07 Å². The van der Waals surface area contributed by atoms with Crippen molar-refractivity contribution >= 4 is 28.9 Å². The van der Waals surface area contributed by atoms with Crippen LogP contribution in [0.4, 0.5) is 14.5 Å². The number of thiocarbonyl (C=S) groups is 1. The van der Waals surface area contributed by atoms with Crippen molar-refractivity contribution in [2.45, 2.75) is 18.5 Å². The number of halogens is 2. The zero-order valence-corrected chi connectivity index (χ0v) is 19.8. The molecule has 0 aliphatic carbocycles. The minimum Gasteiger partial charge on any atom is -0.459 e. The minimum atomic E-state index is -0.372. The number of nitrogens with zero attached hydrogens (tertiary/aromatic N) is 2. The first-order valence-corrected chi connectivity index (χ1v) is 11.8. The van der Waals surface area contributed by atoms with Crippen LogP contribution in [0.15, 0.2) is 89.5 Å². The monoisotopic (exact) mass is 504 g/mol. The maximum atomic E-state index is 13.4. The van der Waals surface area contributed by atoms with Gasteiger partial charge in [-0.3, -0.25) is 9.78 Å². The Kier molecular flexibility index (Phi) is 6.73. The lowest BCUT2D eigenvalue weighted by atomic mass is 10.0. The molecule has 2 N–H and O–H groups in total. The van der Waals surface area contributed by atoms with Crippen LogP contribution in [0.1, 0.15) is 30.0 Å². The topological polar surface area (TPSA) is 70.4 Å². The van der Waals surface area contributed by atoms with E-state index in [0.29, 0.717) is 28.9 Å². The summed E-state index contributed by atoms with van der Waals surface area (Å²) in [5.41, 5.74) is 2.04. The summed E-state index contributed by atoms with van der Waals surface area (Å²) in [5, 5.41) is 6.57. The molecule has 182 valence electrons. The highest BCUT2D eigenvalue weighted by molar-refractivity contribution is 7.80. The summed E-state index contributed by atoms with van der Waals surface area (Å²) < 4.78 is 32.7. The molecule has 1 amide bonds. The molecule has 0 spiro atoms. The number of aromatic nitrogens is 1. The molecule has 0 bridgehead atoms. The smallest absolute Gasteiger partial charge is 0.226 e. The van der Waals surface area contributed by atoms with Gasteiger partial charge in [0.05, 0.1) is 11.7 Å². The summed E-state index contributed by atoms with van der Waals surface area (Å²) in [4.78, 5) is 19.0. The van der Waals surface area contributed by atoms with E-state index in [2.05, 4.69) is 15.6 Å². The van der Waals surface area contributed by atoms with Crippen LogP contribution in [0.5, 0.6) is 0 Å². The van der Waals surface area contributed by atoms with E-state index >= 15 is 0 Å². The SMILES string of the molecule is O=C(CCN1C(=S)N[C@H](c2ccccn2)[C@@H]1c1ccc(-c2ccc(F)cc2)o1)Nc1ccc(F)cc1. The number of carbonyl (C=O) groups excluding carboxylic acids is 1. The highest BCUT2D eigenvalue weighted by atomic mass is 32.1. The summed E-state index contributed by atoms with van der Waals surface area (Å²) in [6.45, 7) is 0.319. The van der Waals surface area contributed by atoms with E-state index < -0.39 is 0 Å². The summed E-state index contributed by atoms with van der Waals surface area (Å²) in [6, 6.07) is 20.3. The highest BCUT2D eigenvalue weighted by Crippen LogP contribution is 2.40. The molecular weight excluding hydrogens is 482 g/mol. The van der Waals surface area contributed by atoms with Crippen molar-refractivity contribution < 1.29 is 18.0 Å². The van der Waals surface area contributed by atoms with Gasteiger partial charge in [-0.2, -0.15) is 0 Å². The van der Waals surface area contributed by atoms with Gasteiger partial charge in [0, 0.05) is 30.4 Å². The summed E-state index contributed by atoms with van der Waals surface area (Å²) in [6.07, 6.45) is 1.86. The number of rotatable bonds is 7. The molecule has 1 aliphatic rings. The first-order valence-electron chi connectivity index (χ1n) is 11.4. The number of hydrogen-bond acceptors (Lipinski definition) is 4. The molecule has 36 heavy (non-hydrogen) atoms. The van der Waals surface area contributed by atoms with Crippen molar-refractivity contribution in [2.75, 3.05) is 11.9 Å². The van der Waals surface area contributed by atoms with Crippen LogP contribution in [0.25, 0.3) is 11.3 Å². The van der Waals surface area contributed by atoms with Crippen LogP contribution in [0, 0.1) is 11.6 Å². The van der Waals surface area contributed by atoms with E-state index in [1.54, 1.807) is 18.3 Å². The molecular formula is C27H22F2N4O2S. The lowest BCUT2D eigenvalue weighted by Crippen LogP contribution is -2.32. The largest absolute Gasteiger partial charge is 0.459 e. The van der Waals surface area contributed by atoms with Gasteiger partial charge >= 0.3 is 0 Å². The van der Waals surface area contributed by atoms with E-state index in [4.69, 9.17) is 16.6 Å². The molecule has 2 aromatic heterocycles. The Bertz CT molecular complexity index is 1360. The van der Waals surface area contributed by atoms with Crippen molar-refractivity contribution in [1.82, 2.24) is 15.2 Å². The number of benzene rings is 2. The van der Waals surface area contributed by atoms with Gasteiger partial charge < -0.3 is 20.0 Å². The molecule has 2 atom stereocenters. The standard InChI is InChI=1S/C27H22F2N4O2S/c28-18-6-4-17(5-7-18)22-12-13-23(35-22)26-25(21-3-1-2-15-30-21)32-27(36)33(26)16-14-24(34)31-20-10-8-19(29)9-11-20/h1-13,15,25-26H,14,16H2,(H,31,34)(H,32,36)/t25-,26+/m1/s1. The molecule has 0 saturated carbocycles. The van der Waals surface area contributed by atoms with Crippen molar-refractivity contribution in [2.24, 2.45) is 0 Å². The van der Waals surface area contributed by atoms with Crippen LogP contribution in [0.3, 0.4) is 0 Å². The van der Waals surface area contributed by atoms with Gasteiger partial charge in [0.15, 0.2) is 5.11 Å². The normalized spacial score (nSPS) is 17.2. The molecule has 1 aliphatic heterocycles. The van der Waals surface area contributed by atoms with E-state index in [1.807, 2.05) is 35.2 Å². The Labute approximate surface area is 212 Å². The molecule has 1 fully saturated rings. The first kappa shape index (κ1) is 23.6. The first-order chi connectivity index (χ1) is 17.5. The lowest BCUT2D eigenvalue weighted by Gasteiger charge is -2.25. The van der Waals surface area contributed by atoms with E-state index in [1.165, 1.54) is 36.4 Å². The maximum Gasteiger partial charge on any atom is 0.226 e. The van der Waals surface area contributed by atoms with Crippen molar-refractivity contribution in [3.05, 3.63) is 108 Å². The summed E-state index contributed by atoms with van der Waals surface area (Å²) in [7, 11) is 0. The average molecular weight is 505 g/mol. The third kappa shape index (κ3) is 5.11. The van der Waals surface area contributed by atoms with Crippen LogP contribution in [-0.4, -0.2) is 27.4 Å². The molecule has 5 rings (SSSR count). The van der Waals surface area contributed by atoms with Gasteiger partial charge in [-0.05, 0) is 85.0 Å². The van der Waals surface area contributed by atoms with Crippen LogP contribution >= 0.6 is 12.2 Å². The fourth-order valence-electron chi connectivity index (χ4n) is 4.22. The Morgan fingerprint density at radius 2 is 1.72 bits per heavy atom. The Balaban J connectivity index is 1.38. The van der Waals surface area contributed by atoms with Gasteiger partial charge in [0.25, 0.3) is 0 Å². The average Bonchev–Trinajstić information content (AvgIpc) is 3.50. The number of furan rings is 1. The van der Waals surface area contributed by atoms with E-state index in [0.717, 1.165) is 11.3 Å². The predicted molar refractivity (Wildman–Crippen MR) is 136 cm³/mol. The van der Waals surface area contributed by atoms with Crippen LogP contribution in [0.2, 0.25) is 0 Å². The molecule has 1 saturated heterocycles. The summed E-state index contributed by atoms with van der Waals surface area (Å²) in [5.74, 6) is 0.309. The molecule has 4 aromatic rings. The lowest BCUT2D eigenvalue weighted by molar-refractivity contribution is -0.116. The van der Waals surface area contributed by atoms with E-state index in [9.17, 15) is 13.6 Å². The number of carbonyl (C=O) groups is 1. The Morgan fingerprint density at radius 3 is 2.42 bits per heavy atom. The second kappa shape index (κ2) is 10.2. The van der Waals surface area contributed by atoms with Gasteiger partial charge in [0.2, 0.25) is 5.91 Å². The minimum absolute atomic E-state index is 0.149. The number of amides is 1. The third-order valence-electron chi connectivity index (χ3n) is 5.95. The quantitative estimate of drug-likeness (QED) is 0.319. The fraction of sp³-hybridized carbons (Fsp3) is 0.148. The molecule has 0 radical (unpaired) electrons. The van der Waals surface area contributed by atoms with Gasteiger partial charge in [0.1, 0.15) is 29.2 Å². The Morgan fingerprint density at radius 1 is 1.00 bits per heavy atom. The number of anilines is 1.